The summed E-state index contributed by atoms with van der Waals surface area (Å²) in [6.07, 6.45) is 40.7. The summed E-state index contributed by atoms with van der Waals surface area (Å²) < 4.78 is 17.1. The van der Waals surface area contributed by atoms with Gasteiger partial charge in [-0.15, -0.1) is 0 Å². The van der Waals surface area contributed by atoms with Gasteiger partial charge < -0.3 is 28.6 Å². The first-order valence-corrected chi connectivity index (χ1v) is 22.4. The van der Waals surface area contributed by atoms with Crippen LogP contribution in [0, 0.1) is 0 Å². The van der Waals surface area contributed by atoms with Crippen LogP contribution in [0.2, 0.25) is 0 Å². The van der Waals surface area contributed by atoms with Gasteiger partial charge in [0.15, 0.2) is 6.10 Å². The molecule has 0 aliphatic rings. The predicted molar refractivity (Wildman–Crippen MR) is 222 cm³/mol. The lowest BCUT2D eigenvalue weighted by Gasteiger charge is -2.34. The summed E-state index contributed by atoms with van der Waals surface area (Å²) in [5, 5.41) is 11.6. The maximum Gasteiger partial charge on any atom is 0.306 e. The molecule has 0 fully saturated rings. The minimum absolute atomic E-state index is 0.0335. The van der Waals surface area contributed by atoms with Gasteiger partial charge in [0.05, 0.1) is 40.3 Å². The molecular weight excluding hydrogens is 679 g/mol. The highest BCUT2D eigenvalue weighted by atomic mass is 16.6. The van der Waals surface area contributed by atoms with Crippen molar-refractivity contribution in [2.75, 3.05) is 41.0 Å². The molecular formula is C46H85NO7. The van der Waals surface area contributed by atoms with Crippen LogP contribution in [-0.2, 0) is 28.6 Å². The highest BCUT2D eigenvalue weighted by molar-refractivity contribution is 5.70. The maximum absolute atomic E-state index is 12.7. The Bertz CT molecular complexity index is 942. The van der Waals surface area contributed by atoms with Crippen LogP contribution in [0.25, 0.3) is 0 Å². The van der Waals surface area contributed by atoms with Gasteiger partial charge in [-0.2, -0.15) is 0 Å². The number of carboxylic acids is 1. The highest BCUT2D eigenvalue weighted by Crippen LogP contribution is 2.16. The summed E-state index contributed by atoms with van der Waals surface area (Å²) in [6, 6.07) is -0.727. The molecule has 0 saturated heterocycles. The average molecular weight is 764 g/mol. The SMILES string of the molecule is CCCC/C=C/C=C/CCCCCC(=O)OC(COCCC(C(=O)[O-])[N+](C)(C)C)COC(=O)CCCCCCCCCCCCCCCCCCCCC. The standard InChI is InChI=1S/C46H85NO7/c1-6-8-10-12-14-16-18-19-20-21-22-23-24-25-27-28-30-32-34-36-44(48)53-41-42(40-52-39-38-43(46(50)51)47(3,4)5)54-45(49)37-35-33-31-29-26-17-15-13-11-9-7-2/h13,15,17,26,42-43H,6-12,14,16,18-25,27-41H2,1-5H3/b15-13+,26-17+. The number of hydrogen-bond acceptors (Lipinski definition) is 7. The third-order valence-electron chi connectivity index (χ3n) is 10.1. The van der Waals surface area contributed by atoms with Crippen molar-refractivity contribution in [3.8, 4) is 0 Å². The second kappa shape index (κ2) is 37.7. The van der Waals surface area contributed by atoms with Crippen molar-refractivity contribution in [3.05, 3.63) is 24.3 Å². The molecule has 0 aromatic heterocycles. The number of carbonyl (C=O) groups excluding carboxylic acids is 3. The molecule has 8 heteroatoms. The Kier molecular flexibility index (Phi) is 36.2. The number of aliphatic carboxylic acids is 1. The van der Waals surface area contributed by atoms with Crippen LogP contribution in [0.3, 0.4) is 0 Å². The second-order valence-corrected chi connectivity index (χ2v) is 16.3. The third-order valence-corrected chi connectivity index (χ3v) is 10.1. The van der Waals surface area contributed by atoms with Gasteiger partial charge in [-0.1, -0.05) is 173 Å². The molecule has 316 valence electrons. The van der Waals surface area contributed by atoms with E-state index in [1.165, 1.54) is 116 Å². The lowest BCUT2D eigenvalue weighted by molar-refractivity contribution is -0.889. The molecule has 2 unspecified atom stereocenters. The number of allylic oxidation sites excluding steroid dienone is 4. The van der Waals surface area contributed by atoms with Crippen molar-refractivity contribution in [3.63, 3.8) is 0 Å². The summed E-state index contributed by atoms with van der Waals surface area (Å²) in [5.74, 6) is -1.76. The van der Waals surface area contributed by atoms with E-state index in [0.29, 0.717) is 12.8 Å². The summed E-state index contributed by atoms with van der Waals surface area (Å²) in [5.41, 5.74) is 0. The van der Waals surface area contributed by atoms with E-state index in [1.54, 1.807) is 21.1 Å². The number of hydrogen-bond donors (Lipinski definition) is 0. The normalized spacial score (nSPS) is 13.1. The Balaban J connectivity index is 4.25. The number of unbranched alkanes of at least 4 members (excludes halogenated alkanes) is 23. The van der Waals surface area contributed by atoms with Gasteiger partial charge in [0.25, 0.3) is 0 Å². The molecule has 0 aliphatic heterocycles. The molecule has 0 heterocycles. The second-order valence-electron chi connectivity index (χ2n) is 16.3. The zero-order chi connectivity index (χ0) is 40.0. The number of likely N-dealkylation sites (N-methyl/N-ethyl adjacent to an activating group) is 1. The zero-order valence-electron chi connectivity index (χ0n) is 35.9. The third kappa shape index (κ3) is 35.5. The Morgan fingerprint density at radius 1 is 0.556 bits per heavy atom. The topological polar surface area (TPSA) is 102 Å². The van der Waals surface area contributed by atoms with E-state index >= 15 is 0 Å². The predicted octanol–water partition coefficient (Wildman–Crippen LogP) is 10.7. The number of carboxylic acid groups (broad SMARTS) is 1. The number of ether oxygens (including phenoxy) is 3. The lowest BCUT2D eigenvalue weighted by atomic mass is 10.0. The molecule has 0 aliphatic carbocycles. The number of quaternary nitrogens is 1. The number of esters is 2. The summed E-state index contributed by atoms with van der Waals surface area (Å²) >= 11 is 0. The number of rotatable bonds is 40. The molecule has 2 atom stereocenters. The molecule has 0 spiro atoms. The van der Waals surface area contributed by atoms with E-state index in [-0.39, 0.29) is 42.7 Å². The molecule has 0 radical (unpaired) electrons. The molecule has 0 bridgehead atoms. The first-order valence-electron chi connectivity index (χ1n) is 22.4. The fourth-order valence-corrected chi connectivity index (χ4v) is 6.58. The van der Waals surface area contributed by atoms with Gasteiger partial charge in [-0.05, 0) is 32.1 Å². The Morgan fingerprint density at radius 3 is 1.44 bits per heavy atom. The largest absolute Gasteiger partial charge is 0.544 e. The zero-order valence-corrected chi connectivity index (χ0v) is 35.9. The van der Waals surface area contributed by atoms with E-state index < -0.39 is 18.1 Å². The van der Waals surface area contributed by atoms with Gasteiger partial charge in [-0.25, -0.2) is 0 Å². The van der Waals surface area contributed by atoms with Crippen molar-refractivity contribution in [2.24, 2.45) is 0 Å². The smallest absolute Gasteiger partial charge is 0.306 e. The van der Waals surface area contributed by atoms with Crippen molar-refractivity contribution in [1.82, 2.24) is 0 Å². The maximum atomic E-state index is 12.7. The van der Waals surface area contributed by atoms with Crippen LogP contribution < -0.4 is 5.11 Å². The van der Waals surface area contributed by atoms with Crippen LogP contribution in [0.4, 0.5) is 0 Å². The van der Waals surface area contributed by atoms with Crippen molar-refractivity contribution in [1.29, 1.82) is 0 Å². The fourth-order valence-electron chi connectivity index (χ4n) is 6.58. The summed E-state index contributed by atoms with van der Waals surface area (Å²) in [7, 11) is 5.40. The number of nitrogens with zero attached hydrogens (tertiary/aromatic N) is 1. The molecule has 0 saturated carbocycles. The van der Waals surface area contributed by atoms with Crippen LogP contribution in [0.15, 0.2) is 24.3 Å². The fraction of sp³-hybridized carbons (Fsp3) is 0.848. The molecule has 0 N–H and O–H groups in total. The van der Waals surface area contributed by atoms with Gasteiger partial charge in [0.1, 0.15) is 12.6 Å². The first kappa shape index (κ1) is 51.8. The number of carbonyl (C=O) groups is 3. The lowest BCUT2D eigenvalue weighted by Crippen LogP contribution is -2.55. The Morgan fingerprint density at radius 2 is 0.981 bits per heavy atom. The Hall–Kier alpha value is -2.19. The van der Waals surface area contributed by atoms with Crippen molar-refractivity contribution < 1.29 is 38.2 Å². The molecule has 0 aromatic carbocycles. The van der Waals surface area contributed by atoms with Gasteiger partial charge >= 0.3 is 11.9 Å². The van der Waals surface area contributed by atoms with Gasteiger partial charge in [0, 0.05) is 19.3 Å². The van der Waals surface area contributed by atoms with Crippen LogP contribution in [0.5, 0.6) is 0 Å². The molecule has 0 rings (SSSR count). The van der Waals surface area contributed by atoms with Gasteiger partial charge in [-0.3, -0.25) is 9.59 Å². The molecule has 8 nitrogen and oxygen atoms in total. The van der Waals surface area contributed by atoms with E-state index in [9.17, 15) is 19.5 Å². The highest BCUT2D eigenvalue weighted by Gasteiger charge is 2.25. The van der Waals surface area contributed by atoms with E-state index in [4.69, 9.17) is 14.2 Å². The van der Waals surface area contributed by atoms with E-state index in [1.807, 2.05) is 0 Å². The molecule has 0 amide bonds. The van der Waals surface area contributed by atoms with Crippen molar-refractivity contribution in [2.45, 2.75) is 212 Å². The molecule has 0 aromatic rings. The molecule has 54 heavy (non-hydrogen) atoms. The van der Waals surface area contributed by atoms with Crippen LogP contribution in [0.1, 0.15) is 200 Å². The van der Waals surface area contributed by atoms with Gasteiger partial charge in [0.2, 0.25) is 0 Å². The van der Waals surface area contributed by atoms with Crippen LogP contribution >= 0.6 is 0 Å². The Labute approximate surface area is 332 Å². The van der Waals surface area contributed by atoms with Crippen molar-refractivity contribution >= 4 is 17.9 Å². The monoisotopic (exact) mass is 764 g/mol. The summed E-state index contributed by atoms with van der Waals surface area (Å²) in [6.45, 7) is 4.60. The minimum atomic E-state index is -1.13. The van der Waals surface area contributed by atoms with E-state index in [0.717, 1.165) is 51.4 Å². The average Bonchev–Trinajstić information content (AvgIpc) is 3.12. The van der Waals surface area contributed by atoms with Crippen LogP contribution in [-0.4, -0.2) is 75.5 Å². The summed E-state index contributed by atoms with van der Waals surface area (Å²) in [4.78, 5) is 36.8. The first-order chi connectivity index (χ1) is 26.1. The quantitative estimate of drug-likeness (QED) is 0.0265. The minimum Gasteiger partial charge on any atom is -0.544 e. The van der Waals surface area contributed by atoms with E-state index in [2.05, 4.69) is 38.2 Å².